The van der Waals surface area contributed by atoms with Crippen molar-refractivity contribution in [1.29, 1.82) is 0 Å². The lowest BCUT2D eigenvalue weighted by Crippen LogP contribution is -2.45. The van der Waals surface area contributed by atoms with Crippen LogP contribution < -0.4 is 27.4 Å². The van der Waals surface area contributed by atoms with Crippen LogP contribution >= 0.6 is 7.60 Å². The third-order valence-corrected chi connectivity index (χ3v) is 5.77. The van der Waals surface area contributed by atoms with Gasteiger partial charge in [0.2, 0.25) is 11.8 Å². The molecule has 3 atom stereocenters. The van der Waals surface area contributed by atoms with Gasteiger partial charge < -0.3 is 41.6 Å². The van der Waals surface area contributed by atoms with E-state index in [0.29, 0.717) is 19.5 Å². The molecule has 0 fully saturated rings. The largest absolute Gasteiger partial charge is 0.480 e. The number of carbonyl (C=O) groups excluding carboxylic acids is 2. The smallest absolute Gasteiger partial charge is 0.349 e. The van der Waals surface area contributed by atoms with E-state index in [4.69, 9.17) is 25.6 Å². The van der Waals surface area contributed by atoms with E-state index >= 15 is 0 Å². The molecular formula is C17H36N5O7P. The fraction of sp³-hybridized carbons (Fsp3) is 0.824. The van der Waals surface area contributed by atoms with Crippen LogP contribution in [0.5, 0.6) is 0 Å². The predicted molar refractivity (Wildman–Crippen MR) is 112 cm³/mol. The van der Waals surface area contributed by atoms with Gasteiger partial charge in [-0.2, -0.15) is 0 Å². The standard InChI is InChI=1S/C17H36N5O7P/c1-13(22-15(23)7-6-14(19)17(25)26)16(24)21-12-30(27,28-2)29-11-5-10-20-9-4-3-8-18/h13-14,20H,3-12,18-19H2,1-2H3,(H,21,24)(H,22,23)(H,25,26). The van der Waals surface area contributed by atoms with Crippen molar-refractivity contribution < 1.29 is 33.1 Å². The number of hydrogen-bond acceptors (Lipinski definition) is 9. The Morgan fingerprint density at radius 3 is 2.43 bits per heavy atom. The second kappa shape index (κ2) is 16.2. The number of nitrogens with one attached hydrogen (secondary N) is 3. The Hall–Kier alpha value is -1.56. The molecule has 0 saturated heterocycles. The zero-order chi connectivity index (χ0) is 23.0. The third kappa shape index (κ3) is 13.6. The van der Waals surface area contributed by atoms with Crippen molar-refractivity contribution in [2.45, 2.75) is 51.1 Å². The molecule has 0 aliphatic heterocycles. The molecule has 0 aromatic rings. The van der Waals surface area contributed by atoms with Gasteiger partial charge in [-0.1, -0.05) is 0 Å². The van der Waals surface area contributed by atoms with Crippen molar-refractivity contribution in [3.05, 3.63) is 0 Å². The molecule has 0 aromatic carbocycles. The van der Waals surface area contributed by atoms with Crippen LogP contribution in [0, 0.1) is 0 Å². The minimum atomic E-state index is -3.50. The molecule has 13 heteroatoms. The van der Waals surface area contributed by atoms with Gasteiger partial charge in [0, 0.05) is 13.5 Å². The highest BCUT2D eigenvalue weighted by atomic mass is 31.2. The third-order valence-electron chi connectivity index (χ3n) is 4.09. The number of carboxylic acids is 1. The number of carbonyl (C=O) groups is 3. The number of nitrogens with two attached hydrogens (primary N) is 2. The molecule has 0 saturated carbocycles. The van der Waals surface area contributed by atoms with Crippen molar-refractivity contribution in [3.8, 4) is 0 Å². The zero-order valence-electron chi connectivity index (χ0n) is 17.7. The summed E-state index contributed by atoms with van der Waals surface area (Å²) in [5.74, 6) is -2.29. The molecule has 30 heavy (non-hydrogen) atoms. The summed E-state index contributed by atoms with van der Waals surface area (Å²) >= 11 is 0. The first-order valence-corrected chi connectivity index (χ1v) is 11.6. The Morgan fingerprint density at radius 2 is 1.83 bits per heavy atom. The highest BCUT2D eigenvalue weighted by Gasteiger charge is 2.25. The number of unbranched alkanes of at least 4 members (excludes halogenated alkanes) is 1. The molecule has 0 bridgehead atoms. The van der Waals surface area contributed by atoms with E-state index in [1.54, 1.807) is 0 Å². The van der Waals surface area contributed by atoms with E-state index in [-0.39, 0.29) is 25.7 Å². The zero-order valence-corrected chi connectivity index (χ0v) is 18.6. The Kier molecular flexibility index (Phi) is 15.3. The van der Waals surface area contributed by atoms with Gasteiger partial charge in [0.1, 0.15) is 18.4 Å². The molecule has 0 aromatic heterocycles. The van der Waals surface area contributed by atoms with E-state index in [1.807, 2.05) is 0 Å². The topological polar surface area (TPSA) is 195 Å². The first kappa shape index (κ1) is 28.4. The summed E-state index contributed by atoms with van der Waals surface area (Å²) in [5.41, 5.74) is 10.7. The highest BCUT2D eigenvalue weighted by Crippen LogP contribution is 2.45. The lowest BCUT2D eigenvalue weighted by molar-refractivity contribution is -0.138. The van der Waals surface area contributed by atoms with Gasteiger partial charge in [-0.05, 0) is 52.2 Å². The molecular weight excluding hydrogens is 417 g/mol. The van der Waals surface area contributed by atoms with Crippen LogP contribution in [0.3, 0.4) is 0 Å². The van der Waals surface area contributed by atoms with E-state index in [9.17, 15) is 18.9 Å². The summed E-state index contributed by atoms with van der Waals surface area (Å²) < 4.78 is 22.7. The summed E-state index contributed by atoms with van der Waals surface area (Å²) in [7, 11) is -2.27. The summed E-state index contributed by atoms with van der Waals surface area (Å²) in [5, 5.41) is 16.8. The summed E-state index contributed by atoms with van der Waals surface area (Å²) in [6.45, 7) is 3.84. The number of amides is 2. The van der Waals surface area contributed by atoms with Gasteiger partial charge in [-0.15, -0.1) is 0 Å². The predicted octanol–water partition coefficient (Wildman–Crippen LogP) is -0.668. The average Bonchev–Trinajstić information content (AvgIpc) is 2.71. The van der Waals surface area contributed by atoms with Crippen molar-refractivity contribution >= 4 is 25.4 Å². The molecule has 0 spiro atoms. The van der Waals surface area contributed by atoms with Crippen LogP contribution in [-0.2, 0) is 28.0 Å². The van der Waals surface area contributed by atoms with Crippen molar-refractivity contribution in [3.63, 3.8) is 0 Å². The number of hydrogen-bond donors (Lipinski definition) is 6. The second-order valence-electron chi connectivity index (χ2n) is 6.70. The molecule has 0 aliphatic rings. The van der Waals surface area contributed by atoms with Crippen molar-refractivity contribution in [2.75, 3.05) is 39.6 Å². The van der Waals surface area contributed by atoms with Gasteiger partial charge in [0.05, 0.1) is 6.61 Å². The first-order valence-electron chi connectivity index (χ1n) is 9.90. The fourth-order valence-corrected chi connectivity index (χ4v) is 3.28. The Morgan fingerprint density at radius 1 is 1.17 bits per heavy atom. The van der Waals surface area contributed by atoms with E-state index in [2.05, 4.69) is 16.0 Å². The summed E-state index contributed by atoms with van der Waals surface area (Å²) in [4.78, 5) is 34.5. The van der Waals surface area contributed by atoms with E-state index in [0.717, 1.165) is 19.4 Å². The number of aliphatic carboxylic acids is 1. The van der Waals surface area contributed by atoms with Gasteiger partial charge in [-0.25, -0.2) is 0 Å². The van der Waals surface area contributed by atoms with Crippen LogP contribution in [0.1, 0.15) is 39.0 Å². The van der Waals surface area contributed by atoms with Crippen LogP contribution in [0.15, 0.2) is 0 Å². The minimum Gasteiger partial charge on any atom is -0.480 e. The SMILES string of the molecule is COP(=O)(CNC(=O)C(C)NC(=O)CCC(N)C(=O)O)OCCCNCCCCN. The highest BCUT2D eigenvalue weighted by molar-refractivity contribution is 7.53. The van der Waals surface area contributed by atoms with Gasteiger partial charge in [0.15, 0.2) is 0 Å². The van der Waals surface area contributed by atoms with Gasteiger partial charge >= 0.3 is 13.6 Å². The molecule has 0 heterocycles. The number of carboxylic acid groups (broad SMARTS) is 1. The molecule has 8 N–H and O–H groups in total. The molecule has 0 radical (unpaired) electrons. The maximum atomic E-state index is 12.5. The summed E-state index contributed by atoms with van der Waals surface area (Å²) in [6.07, 6.45) is 2.04. The molecule has 2 amide bonds. The maximum absolute atomic E-state index is 12.5. The molecule has 0 rings (SSSR count). The quantitative estimate of drug-likeness (QED) is 0.114. The Bertz CT molecular complexity index is 579. The minimum absolute atomic E-state index is 0.0515. The normalized spacial score (nSPS) is 15.1. The van der Waals surface area contributed by atoms with E-state index < -0.39 is 37.5 Å². The number of rotatable bonds is 18. The lowest BCUT2D eigenvalue weighted by Gasteiger charge is -2.19. The van der Waals surface area contributed by atoms with Crippen LogP contribution in [-0.4, -0.2) is 74.6 Å². The monoisotopic (exact) mass is 453 g/mol. The van der Waals surface area contributed by atoms with Crippen LogP contribution in [0.4, 0.5) is 0 Å². The maximum Gasteiger partial charge on any atom is 0.349 e. The van der Waals surface area contributed by atoms with E-state index in [1.165, 1.54) is 14.0 Å². The van der Waals surface area contributed by atoms with Crippen LogP contribution in [0.2, 0.25) is 0 Å². The molecule has 176 valence electrons. The Labute approximate surface area is 177 Å². The molecule has 12 nitrogen and oxygen atoms in total. The average molecular weight is 453 g/mol. The molecule has 3 unspecified atom stereocenters. The Balaban J connectivity index is 4.16. The second-order valence-corrected chi connectivity index (χ2v) is 8.86. The van der Waals surface area contributed by atoms with Crippen molar-refractivity contribution in [1.82, 2.24) is 16.0 Å². The van der Waals surface area contributed by atoms with Gasteiger partial charge in [-0.3, -0.25) is 18.9 Å². The molecule has 0 aliphatic carbocycles. The lowest BCUT2D eigenvalue weighted by atomic mass is 10.1. The van der Waals surface area contributed by atoms with Crippen LogP contribution in [0.25, 0.3) is 0 Å². The van der Waals surface area contributed by atoms with Gasteiger partial charge in [0.25, 0.3) is 0 Å². The fourth-order valence-electron chi connectivity index (χ4n) is 2.20. The van der Waals surface area contributed by atoms with Crippen molar-refractivity contribution in [2.24, 2.45) is 11.5 Å². The summed E-state index contributed by atoms with van der Waals surface area (Å²) in [6, 6.07) is -2.06. The first-order chi connectivity index (χ1) is 14.1.